The molecule has 21 heavy (non-hydrogen) atoms. The summed E-state index contributed by atoms with van der Waals surface area (Å²) in [5.74, 6) is 0. The molecule has 0 bridgehead atoms. The second-order valence-corrected chi connectivity index (χ2v) is 6.45. The fourth-order valence-electron chi connectivity index (χ4n) is 2.15. The van der Waals surface area contributed by atoms with Gasteiger partial charge >= 0.3 is 0 Å². The van der Waals surface area contributed by atoms with E-state index >= 15 is 0 Å². The molecule has 0 heterocycles. The van der Waals surface area contributed by atoms with Crippen LogP contribution in [0, 0.1) is 0 Å². The Hall–Kier alpha value is -0.810. The van der Waals surface area contributed by atoms with Crippen LogP contribution in [0.4, 0.5) is 0 Å². The lowest BCUT2D eigenvalue weighted by molar-refractivity contribution is 0.0720. The molecule has 0 aromatic heterocycles. The van der Waals surface area contributed by atoms with Gasteiger partial charge in [-0.2, -0.15) is 5.11 Å². The molecule has 0 aliphatic rings. The smallest absolute Gasteiger partial charge is 0.294 e. The van der Waals surface area contributed by atoms with Crippen LogP contribution >= 0.6 is 0 Å². The molecule has 1 unspecified atom stereocenters. The zero-order valence-electron chi connectivity index (χ0n) is 14.6. The van der Waals surface area contributed by atoms with E-state index in [1.54, 1.807) is 12.0 Å². The van der Waals surface area contributed by atoms with Crippen LogP contribution in [0.5, 0.6) is 0 Å². The zero-order valence-corrected chi connectivity index (χ0v) is 14.6. The molecule has 0 aromatic rings. The molecule has 7 heteroatoms. The highest BCUT2D eigenvalue weighted by Crippen LogP contribution is 2.30. The maximum Gasteiger partial charge on any atom is 0.294 e. The van der Waals surface area contributed by atoms with E-state index < -0.39 is 5.34 Å². The lowest BCUT2D eigenvalue weighted by Crippen LogP contribution is -2.55. The Kier molecular flexibility index (Phi) is 8.90. The normalized spacial score (nSPS) is 15.7. The van der Waals surface area contributed by atoms with Gasteiger partial charge in [-0.25, -0.2) is 0 Å². The van der Waals surface area contributed by atoms with Crippen molar-refractivity contribution in [3.05, 3.63) is 12.3 Å². The van der Waals surface area contributed by atoms with Gasteiger partial charge in [0, 0.05) is 12.8 Å². The summed E-state index contributed by atoms with van der Waals surface area (Å²) in [5, 5.41) is 7.17. The number of ether oxygens (including phenoxy) is 1. The quantitative estimate of drug-likeness (QED) is 0.382. The molecule has 0 rings (SSSR count). The lowest BCUT2D eigenvalue weighted by Gasteiger charge is -2.34. The zero-order chi connectivity index (χ0) is 16.5. The first-order chi connectivity index (χ1) is 9.62. The van der Waals surface area contributed by atoms with Gasteiger partial charge in [0.25, 0.3) is 7.41 Å². The second kappa shape index (κ2) is 9.26. The van der Waals surface area contributed by atoms with Gasteiger partial charge in [0.2, 0.25) is 0 Å². The summed E-state index contributed by atoms with van der Waals surface area (Å²) in [6, 6.07) is 0. The minimum absolute atomic E-state index is 0.0279. The van der Waals surface area contributed by atoms with Crippen molar-refractivity contribution in [1.82, 2.24) is 4.92 Å². The number of nitrogens with two attached hydrogens (primary N) is 1. The topological polar surface area (TPSA) is 63.2 Å². The molecule has 5 nitrogen and oxygen atoms in total. The molecule has 0 saturated heterocycles. The van der Waals surface area contributed by atoms with E-state index in [4.69, 9.17) is 10.5 Å². The van der Waals surface area contributed by atoms with Gasteiger partial charge in [-0.1, -0.05) is 37.4 Å². The van der Waals surface area contributed by atoms with Crippen molar-refractivity contribution < 1.29 is 4.74 Å². The molecular formula is C14H30B2N4O. The fraction of sp³-hybridized carbons (Fsp3) is 0.857. The summed E-state index contributed by atoms with van der Waals surface area (Å²) in [4.78, 5) is 1.64. The van der Waals surface area contributed by atoms with E-state index in [0.717, 1.165) is 13.0 Å². The van der Waals surface area contributed by atoms with Gasteiger partial charge in [-0.3, -0.25) is 0 Å². The molecule has 0 aliphatic carbocycles. The molecule has 0 amide bonds. The monoisotopic (exact) mass is 292 g/mol. The molecule has 0 aromatic carbocycles. The lowest BCUT2D eigenvalue weighted by atomic mass is 9.34. The number of nitrogens with zero attached hydrogens (tertiary/aromatic N) is 3. The van der Waals surface area contributed by atoms with E-state index in [9.17, 15) is 0 Å². The summed E-state index contributed by atoms with van der Waals surface area (Å²) in [7, 11) is 5.62. The standard InChI is InChI=1S/C14H30B2N4O/c1-8-10-20(19-18-7)16-14(6,17)15-13(4,5)9-11-21-12(2)3/h8,10,12H,9,11,17H2,1-7H3/b10-8-,19-18?. The Morgan fingerprint density at radius 1 is 1.33 bits per heavy atom. The highest BCUT2D eigenvalue weighted by atomic mass is 16.5. The number of hydrogen-bond donors (Lipinski definition) is 1. The third-order valence-electron chi connectivity index (χ3n) is 2.80. The largest absolute Gasteiger partial charge is 0.379 e. The Morgan fingerprint density at radius 2 is 1.95 bits per heavy atom. The van der Waals surface area contributed by atoms with E-state index in [1.165, 1.54) is 0 Å². The number of hydrogen-bond acceptors (Lipinski definition) is 4. The van der Waals surface area contributed by atoms with Crippen molar-refractivity contribution in [3.63, 3.8) is 0 Å². The maximum absolute atomic E-state index is 6.37. The summed E-state index contributed by atoms with van der Waals surface area (Å²) in [5.41, 5.74) is 6.37. The van der Waals surface area contributed by atoms with E-state index in [1.807, 2.05) is 47.4 Å². The first-order valence-corrected chi connectivity index (χ1v) is 7.46. The SMILES string of the molecule is C/C=C\N([B]C(C)(N)[B]C(C)(C)CCOC(C)C)N=NC. The third kappa shape index (κ3) is 10.5. The maximum atomic E-state index is 6.37. The van der Waals surface area contributed by atoms with Crippen molar-refractivity contribution in [2.45, 2.75) is 64.7 Å². The van der Waals surface area contributed by atoms with Crippen molar-refractivity contribution >= 4 is 14.7 Å². The van der Waals surface area contributed by atoms with Gasteiger partial charge in [-0.05, 0) is 32.5 Å². The van der Waals surface area contributed by atoms with Crippen molar-refractivity contribution in [2.75, 3.05) is 13.7 Å². The molecule has 2 radical (unpaired) electrons. The molecule has 0 saturated carbocycles. The minimum Gasteiger partial charge on any atom is -0.379 e. The van der Waals surface area contributed by atoms with Gasteiger partial charge in [0.05, 0.1) is 13.2 Å². The highest BCUT2D eigenvalue weighted by Gasteiger charge is 2.33. The summed E-state index contributed by atoms with van der Waals surface area (Å²) in [6.45, 7) is 13.0. The van der Waals surface area contributed by atoms with Gasteiger partial charge < -0.3 is 15.4 Å². The first kappa shape index (κ1) is 20.2. The van der Waals surface area contributed by atoms with Crippen molar-refractivity contribution in [3.8, 4) is 0 Å². The fourth-order valence-corrected chi connectivity index (χ4v) is 2.15. The van der Waals surface area contributed by atoms with Crippen molar-refractivity contribution in [2.24, 2.45) is 16.1 Å². The van der Waals surface area contributed by atoms with Gasteiger partial charge in [-0.15, -0.1) is 0 Å². The Labute approximate surface area is 131 Å². The first-order valence-electron chi connectivity index (χ1n) is 7.46. The van der Waals surface area contributed by atoms with Crippen LogP contribution < -0.4 is 5.73 Å². The van der Waals surface area contributed by atoms with Gasteiger partial charge in [0.15, 0.2) is 0 Å². The van der Waals surface area contributed by atoms with Crippen LogP contribution in [0.3, 0.4) is 0 Å². The van der Waals surface area contributed by atoms with Crippen LogP contribution in [0.2, 0.25) is 5.31 Å². The summed E-state index contributed by atoms with van der Waals surface area (Å²) < 4.78 is 5.62. The van der Waals surface area contributed by atoms with E-state index in [0.29, 0.717) is 0 Å². The Balaban J connectivity index is 4.54. The van der Waals surface area contributed by atoms with Crippen molar-refractivity contribution in [1.29, 1.82) is 0 Å². The third-order valence-corrected chi connectivity index (χ3v) is 2.80. The predicted molar refractivity (Wildman–Crippen MR) is 91.3 cm³/mol. The molecule has 0 aliphatic heterocycles. The minimum atomic E-state index is -0.588. The predicted octanol–water partition coefficient (Wildman–Crippen LogP) is 2.79. The Morgan fingerprint density at radius 3 is 2.43 bits per heavy atom. The molecule has 1 atom stereocenters. The summed E-state index contributed by atoms with van der Waals surface area (Å²) >= 11 is 0. The highest BCUT2D eigenvalue weighted by molar-refractivity contribution is 6.62. The average molecular weight is 292 g/mol. The van der Waals surface area contributed by atoms with Crippen LogP contribution in [0.25, 0.3) is 0 Å². The van der Waals surface area contributed by atoms with Crippen LogP contribution in [0.1, 0.15) is 48.0 Å². The van der Waals surface area contributed by atoms with Crippen LogP contribution in [-0.2, 0) is 4.74 Å². The number of rotatable bonds is 10. The van der Waals surface area contributed by atoms with Gasteiger partial charge in [0.1, 0.15) is 7.28 Å². The summed E-state index contributed by atoms with van der Waals surface area (Å²) in [6.07, 6.45) is 4.89. The molecule has 118 valence electrons. The number of allylic oxidation sites excluding steroid dienone is 1. The van der Waals surface area contributed by atoms with E-state index in [-0.39, 0.29) is 11.4 Å². The molecule has 2 N–H and O–H groups in total. The van der Waals surface area contributed by atoms with E-state index in [2.05, 4.69) is 31.5 Å². The molecular weight excluding hydrogens is 262 g/mol. The molecule has 0 spiro atoms. The molecule has 0 fully saturated rings. The second-order valence-electron chi connectivity index (χ2n) is 6.45. The Bertz CT molecular complexity index is 332. The van der Waals surface area contributed by atoms with Crippen LogP contribution in [-0.4, -0.2) is 44.7 Å². The average Bonchev–Trinajstić information content (AvgIpc) is 2.26. The van der Waals surface area contributed by atoms with Crippen LogP contribution in [0.15, 0.2) is 22.6 Å².